The fourth-order valence-corrected chi connectivity index (χ4v) is 1.39. The highest BCUT2D eigenvalue weighted by Gasteiger charge is 1.97. The van der Waals surface area contributed by atoms with Crippen LogP contribution in [0.3, 0.4) is 0 Å². The van der Waals surface area contributed by atoms with Gasteiger partial charge in [0.1, 0.15) is 0 Å². The number of unbranched alkanes of at least 4 members (excludes halogenated alkanes) is 1. The third-order valence-corrected chi connectivity index (χ3v) is 2.33. The van der Waals surface area contributed by atoms with Crippen LogP contribution in [0.2, 0.25) is 0 Å². The van der Waals surface area contributed by atoms with Crippen molar-refractivity contribution in [1.82, 2.24) is 4.57 Å². The smallest absolute Gasteiger partial charge is 0.264 e. The van der Waals surface area contributed by atoms with Crippen LogP contribution in [0.4, 0.5) is 0 Å². The van der Waals surface area contributed by atoms with Gasteiger partial charge < -0.3 is 4.57 Å². The molecule has 0 bridgehead atoms. The fraction of sp³-hybridized carbons (Fsp3) is 0.444. The van der Waals surface area contributed by atoms with Crippen LogP contribution in [0.25, 0.3) is 0 Å². The molecule has 0 aliphatic heterocycles. The van der Waals surface area contributed by atoms with Gasteiger partial charge in [-0.05, 0) is 34.5 Å². The average Bonchev–Trinajstić information content (AvgIpc) is 2.08. The molecule has 0 aliphatic rings. The summed E-state index contributed by atoms with van der Waals surface area (Å²) in [6.07, 6.45) is 3.98. The number of nitrogens with zero attached hydrogens (tertiary/aromatic N) is 1. The van der Waals surface area contributed by atoms with E-state index in [1.165, 1.54) is 0 Å². The van der Waals surface area contributed by atoms with Crippen molar-refractivity contribution >= 4 is 15.9 Å². The van der Waals surface area contributed by atoms with Gasteiger partial charge in [0.05, 0.1) is 4.47 Å². The van der Waals surface area contributed by atoms with Crippen molar-refractivity contribution in [2.45, 2.75) is 26.3 Å². The first-order valence-electron chi connectivity index (χ1n) is 4.10. The Bertz CT molecular complexity index is 306. The van der Waals surface area contributed by atoms with E-state index in [1.807, 2.05) is 12.3 Å². The third kappa shape index (κ3) is 2.21. The summed E-state index contributed by atoms with van der Waals surface area (Å²) >= 11 is 3.20. The molecular formula is C9H12BrNO. The molecule has 0 aliphatic carbocycles. The summed E-state index contributed by atoms with van der Waals surface area (Å²) in [6, 6.07) is 3.64. The Morgan fingerprint density at radius 2 is 2.33 bits per heavy atom. The number of aryl methyl sites for hydroxylation is 1. The van der Waals surface area contributed by atoms with Crippen molar-refractivity contribution in [2.24, 2.45) is 0 Å². The van der Waals surface area contributed by atoms with Crippen LogP contribution in [0.5, 0.6) is 0 Å². The zero-order chi connectivity index (χ0) is 8.97. The van der Waals surface area contributed by atoms with E-state index in [0.717, 1.165) is 19.4 Å². The summed E-state index contributed by atoms with van der Waals surface area (Å²) in [5.41, 5.74) is 0.0611. The molecule has 0 fully saturated rings. The standard InChI is InChI=1S/C9H12BrNO/c1-2-3-6-11-7-4-5-8(10)9(11)12/h4-5,7H,2-3,6H2,1H3. The number of hydrogen-bond acceptors (Lipinski definition) is 1. The van der Waals surface area contributed by atoms with Gasteiger partial charge in [-0.25, -0.2) is 0 Å². The van der Waals surface area contributed by atoms with Crippen LogP contribution >= 0.6 is 15.9 Å². The first-order chi connectivity index (χ1) is 5.75. The quantitative estimate of drug-likeness (QED) is 0.781. The summed E-state index contributed by atoms with van der Waals surface area (Å²) in [5.74, 6) is 0. The first-order valence-corrected chi connectivity index (χ1v) is 4.90. The minimum Gasteiger partial charge on any atom is -0.315 e. The Hall–Kier alpha value is -0.570. The fourth-order valence-electron chi connectivity index (χ4n) is 1.01. The predicted molar refractivity (Wildman–Crippen MR) is 53.3 cm³/mol. The maximum Gasteiger partial charge on any atom is 0.264 e. The van der Waals surface area contributed by atoms with Crippen LogP contribution < -0.4 is 5.56 Å². The van der Waals surface area contributed by atoms with Gasteiger partial charge in [0.2, 0.25) is 0 Å². The SMILES string of the molecule is CCCCn1cccc(Br)c1=O. The highest BCUT2D eigenvalue weighted by molar-refractivity contribution is 9.10. The zero-order valence-electron chi connectivity index (χ0n) is 7.09. The molecule has 0 saturated carbocycles. The zero-order valence-corrected chi connectivity index (χ0v) is 8.67. The Kier molecular flexibility index (Phi) is 3.53. The van der Waals surface area contributed by atoms with Crippen molar-refractivity contribution in [3.8, 4) is 0 Å². The Labute approximate surface area is 80.3 Å². The number of pyridine rings is 1. The van der Waals surface area contributed by atoms with E-state index in [1.54, 1.807) is 10.6 Å². The molecule has 0 aromatic carbocycles. The molecule has 3 heteroatoms. The molecule has 2 nitrogen and oxygen atoms in total. The molecule has 0 N–H and O–H groups in total. The van der Waals surface area contributed by atoms with Gasteiger partial charge in [0.15, 0.2) is 0 Å². The van der Waals surface area contributed by atoms with E-state index in [9.17, 15) is 4.79 Å². The molecular weight excluding hydrogens is 218 g/mol. The molecule has 1 aromatic rings. The molecule has 1 heterocycles. The number of hydrogen-bond donors (Lipinski definition) is 0. The maximum atomic E-state index is 11.4. The summed E-state index contributed by atoms with van der Waals surface area (Å²) in [6.45, 7) is 2.93. The second-order valence-electron chi connectivity index (χ2n) is 2.71. The monoisotopic (exact) mass is 229 g/mol. The first kappa shape index (κ1) is 9.52. The number of halogens is 1. The molecule has 12 heavy (non-hydrogen) atoms. The second kappa shape index (κ2) is 4.45. The van der Waals surface area contributed by atoms with Crippen molar-refractivity contribution in [3.05, 3.63) is 33.2 Å². The van der Waals surface area contributed by atoms with Crippen LogP contribution in [0.15, 0.2) is 27.6 Å². The van der Waals surface area contributed by atoms with Crippen LogP contribution in [0, 0.1) is 0 Å². The molecule has 0 radical (unpaired) electrons. The van der Waals surface area contributed by atoms with E-state index >= 15 is 0 Å². The van der Waals surface area contributed by atoms with Crippen LogP contribution in [-0.4, -0.2) is 4.57 Å². The Balaban J connectivity index is 2.85. The highest BCUT2D eigenvalue weighted by atomic mass is 79.9. The lowest BCUT2D eigenvalue weighted by atomic mass is 10.3. The number of rotatable bonds is 3. The Morgan fingerprint density at radius 3 is 3.00 bits per heavy atom. The molecule has 0 amide bonds. The van der Waals surface area contributed by atoms with Gasteiger partial charge in [0, 0.05) is 12.7 Å². The third-order valence-electron chi connectivity index (χ3n) is 1.73. The highest BCUT2D eigenvalue weighted by Crippen LogP contribution is 2.01. The minimum absolute atomic E-state index is 0.0611. The lowest BCUT2D eigenvalue weighted by Gasteiger charge is -2.03. The minimum atomic E-state index is 0.0611. The van der Waals surface area contributed by atoms with E-state index < -0.39 is 0 Å². The van der Waals surface area contributed by atoms with Crippen molar-refractivity contribution < 1.29 is 0 Å². The molecule has 0 spiro atoms. The average molecular weight is 230 g/mol. The van der Waals surface area contributed by atoms with Gasteiger partial charge in [0.25, 0.3) is 5.56 Å². The number of aromatic nitrogens is 1. The van der Waals surface area contributed by atoms with E-state index in [0.29, 0.717) is 4.47 Å². The molecule has 0 saturated heterocycles. The summed E-state index contributed by atoms with van der Waals surface area (Å²) < 4.78 is 2.37. The summed E-state index contributed by atoms with van der Waals surface area (Å²) in [5, 5.41) is 0. The van der Waals surface area contributed by atoms with Gasteiger partial charge in [-0.1, -0.05) is 13.3 Å². The van der Waals surface area contributed by atoms with E-state index in [2.05, 4.69) is 22.9 Å². The van der Waals surface area contributed by atoms with Crippen molar-refractivity contribution in [1.29, 1.82) is 0 Å². The maximum absolute atomic E-state index is 11.4. The lowest BCUT2D eigenvalue weighted by Crippen LogP contribution is -2.19. The van der Waals surface area contributed by atoms with Gasteiger partial charge >= 0.3 is 0 Å². The van der Waals surface area contributed by atoms with Gasteiger partial charge in [-0.3, -0.25) is 4.79 Å². The predicted octanol–water partition coefficient (Wildman–Crippen LogP) is 2.41. The van der Waals surface area contributed by atoms with Gasteiger partial charge in [-0.15, -0.1) is 0 Å². The molecule has 0 unspecified atom stereocenters. The van der Waals surface area contributed by atoms with Gasteiger partial charge in [-0.2, -0.15) is 0 Å². The van der Waals surface area contributed by atoms with Crippen molar-refractivity contribution in [3.63, 3.8) is 0 Å². The largest absolute Gasteiger partial charge is 0.315 e. The summed E-state index contributed by atoms with van der Waals surface area (Å²) in [4.78, 5) is 11.4. The van der Waals surface area contributed by atoms with Crippen LogP contribution in [0.1, 0.15) is 19.8 Å². The molecule has 1 aromatic heterocycles. The molecule has 0 atom stereocenters. The van der Waals surface area contributed by atoms with E-state index in [4.69, 9.17) is 0 Å². The van der Waals surface area contributed by atoms with Crippen molar-refractivity contribution in [2.75, 3.05) is 0 Å². The molecule has 66 valence electrons. The Morgan fingerprint density at radius 1 is 1.58 bits per heavy atom. The summed E-state index contributed by atoms with van der Waals surface area (Å²) in [7, 11) is 0. The van der Waals surface area contributed by atoms with Crippen LogP contribution in [-0.2, 0) is 6.54 Å². The van der Waals surface area contributed by atoms with E-state index in [-0.39, 0.29) is 5.56 Å². The topological polar surface area (TPSA) is 22.0 Å². The normalized spacial score (nSPS) is 10.2. The molecule has 1 rings (SSSR count). The second-order valence-corrected chi connectivity index (χ2v) is 3.56. The lowest BCUT2D eigenvalue weighted by molar-refractivity contribution is 0.611.